The van der Waals surface area contributed by atoms with E-state index in [4.69, 9.17) is 5.73 Å². The molecule has 1 aliphatic carbocycles. The number of hydrogen-bond donors (Lipinski definition) is 3. The SMILES string of the molecule is CCCCC(NS(=O)(=O)c1cccc(C(=O)NC2CCC2)c1)C(N)=O. The van der Waals surface area contributed by atoms with Crippen LogP contribution in [0.25, 0.3) is 0 Å². The van der Waals surface area contributed by atoms with Crippen LogP contribution < -0.4 is 15.8 Å². The average molecular weight is 367 g/mol. The van der Waals surface area contributed by atoms with Crippen molar-refractivity contribution in [2.75, 3.05) is 0 Å². The van der Waals surface area contributed by atoms with Gasteiger partial charge in [-0.1, -0.05) is 25.8 Å². The molecule has 1 aliphatic rings. The van der Waals surface area contributed by atoms with Gasteiger partial charge in [-0.15, -0.1) is 0 Å². The van der Waals surface area contributed by atoms with Crippen LogP contribution in [-0.2, 0) is 14.8 Å². The normalized spacial score (nSPS) is 16.0. The van der Waals surface area contributed by atoms with E-state index in [1.165, 1.54) is 18.2 Å². The number of amides is 2. The number of rotatable bonds is 9. The van der Waals surface area contributed by atoms with Crippen molar-refractivity contribution in [1.29, 1.82) is 0 Å². The summed E-state index contributed by atoms with van der Waals surface area (Å²) in [5.41, 5.74) is 5.56. The van der Waals surface area contributed by atoms with E-state index in [0.717, 1.165) is 25.7 Å². The molecule has 1 atom stereocenters. The Morgan fingerprint density at radius 3 is 2.60 bits per heavy atom. The van der Waals surface area contributed by atoms with Gasteiger partial charge in [-0.05, 0) is 43.9 Å². The number of carbonyl (C=O) groups excluding carboxylic acids is 2. The number of benzene rings is 1. The van der Waals surface area contributed by atoms with Crippen LogP contribution in [0.5, 0.6) is 0 Å². The lowest BCUT2D eigenvalue weighted by atomic mass is 9.93. The molecule has 1 aromatic carbocycles. The fourth-order valence-corrected chi connectivity index (χ4v) is 3.83. The summed E-state index contributed by atoms with van der Waals surface area (Å²) in [6.07, 6.45) is 4.83. The van der Waals surface area contributed by atoms with E-state index in [9.17, 15) is 18.0 Å². The molecular weight excluding hydrogens is 342 g/mol. The van der Waals surface area contributed by atoms with Crippen molar-refractivity contribution in [1.82, 2.24) is 10.0 Å². The van der Waals surface area contributed by atoms with Crippen molar-refractivity contribution in [2.45, 2.75) is 62.4 Å². The number of primary amides is 1. The van der Waals surface area contributed by atoms with Gasteiger partial charge in [0.2, 0.25) is 15.9 Å². The van der Waals surface area contributed by atoms with Crippen LogP contribution in [0.15, 0.2) is 29.2 Å². The molecule has 1 saturated carbocycles. The van der Waals surface area contributed by atoms with Crippen LogP contribution in [0.1, 0.15) is 55.8 Å². The molecule has 25 heavy (non-hydrogen) atoms. The molecule has 1 unspecified atom stereocenters. The number of sulfonamides is 1. The van der Waals surface area contributed by atoms with Gasteiger partial charge < -0.3 is 11.1 Å². The molecule has 2 rings (SSSR count). The molecule has 0 radical (unpaired) electrons. The smallest absolute Gasteiger partial charge is 0.251 e. The third kappa shape index (κ3) is 5.27. The second kappa shape index (κ2) is 8.44. The standard InChI is InChI=1S/C17H25N3O4S/c1-2-3-10-15(16(18)21)20-25(23,24)14-9-4-6-12(11-14)17(22)19-13-7-5-8-13/h4,6,9,11,13,15,20H,2-3,5,7-8,10H2,1H3,(H2,18,21)(H,19,22). The number of nitrogens with one attached hydrogen (secondary N) is 2. The first-order valence-corrected chi connectivity index (χ1v) is 10.0. The minimum Gasteiger partial charge on any atom is -0.368 e. The number of hydrogen-bond acceptors (Lipinski definition) is 4. The first-order valence-electron chi connectivity index (χ1n) is 8.56. The van der Waals surface area contributed by atoms with Gasteiger partial charge in [0.05, 0.1) is 4.90 Å². The molecule has 4 N–H and O–H groups in total. The predicted molar refractivity (Wildman–Crippen MR) is 94.4 cm³/mol. The van der Waals surface area contributed by atoms with Crippen LogP contribution in [0, 0.1) is 0 Å². The molecule has 2 amide bonds. The van der Waals surface area contributed by atoms with Crippen molar-refractivity contribution in [3.05, 3.63) is 29.8 Å². The Hall–Kier alpha value is -1.93. The highest BCUT2D eigenvalue weighted by atomic mass is 32.2. The van der Waals surface area contributed by atoms with Crippen LogP contribution >= 0.6 is 0 Å². The van der Waals surface area contributed by atoms with Gasteiger partial charge in [-0.3, -0.25) is 9.59 Å². The van der Waals surface area contributed by atoms with Crippen molar-refractivity contribution >= 4 is 21.8 Å². The first kappa shape index (κ1) is 19.4. The van der Waals surface area contributed by atoms with E-state index in [2.05, 4.69) is 10.0 Å². The number of carbonyl (C=O) groups is 2. The highest BCUT2D eigenvalue weighted by Gasteiger charge is 2.25. The molecule has 0 heterocycles. The van der Waals surface area contributed by atoms with Crippen molar-refractivity contribution in [3.63, 3.8) is 0 Å². The highest BCUT2D eigenvalue weighted by molar-refractivity contribution is 7.89. The molecule has 0 aliphatic heterocycles. The van der Waals surface area contributed by atoms with Crippen LogP contribution in [0.4, 0.5) is 0 Å². The minimum atomic E-state index is -3.94. The lowest BCUT2D eigenvalue weighted by molar-refractivity contribution is -0.119. The molecule has 8 heteroatoms. The second-order valence-electron chi connectivity index (χ2n) is 6.35. The Bertz CT molecular complexity index is 729. The molecule has 0 bridgehead atoms. The Morgan fingerprint density at radius 1 is 1.32 bits per heavy atom. The largest absolute Gasteiger partial charge is 0.368 e. The average Bonchev–Trinajstić information content (AvgIpc) is 2.54. The van der Waals surface area contributed by atoms with Crippen molar-refractivity contribution in [3.8, 4) is 0 Å². The summed E-state index contributed by atoms with van der Waals surface area (Å²) >= 11 is 0. The van der Waals surface area contributed by atoms with Gasteiger partial charge in [-0.2, -0.15) is 4.72 Å². The fraction of sp³-hybridized carbons (Fsp3) is 0.529. The molecule has 1 fully saturated rings. The van der Waals surface area contributed by atoms with Gasteiger partial charge >= 0.3 is 0 Å². The molecule has 138 valence electrons. The zero-order valence-electron chi connectivity index (χ0n) is 14.3. The Balaban J connectivity index is 2.13. The van der Waals surface area contributed by atoms with Crippen LogP contribution in [0.2, 0.25) is 0 Å². The molecule has 0 saturated heterocycles. The van der Waals surface area contributed by atoms with Crippen molar-refractivity contribution < 1.29 is 18.0 Å². The molecule has 7 nitrogen and oxygen atoms in total. The minimum absolute atomic E-state index is 0.0588. The van der Waals surface area contributed by atoms with Gasteiger partial charge in [0, 0.05) is 11.6 Å². The van der Waals surface area contributed by atoms with Gasteiger partial charge in [0.15, 0.2) is 0 Å². The Kier molecular flexibility index (Phi) is 6.55. The van der Waals surface area contributed by atoms with E-state index >= 15 is 0 Å². The van der Waals surface area contributed by atoms with E-state index in [-0.39, 0.29) is 22.4 Å². The van der Waals surface area contributed by atoms with Gasteiger partial charge in [0.25, 0.3) is 5.91 Å². The number of nitrogens with two attached hydrogens (primary N) is 1. The molecule has 1 aromatic rings. The summed E-state index contributed by atoms with van der Waals surface area (Å²) in [5, 5.41) is 2.87. The van der Waals surface area contributed by atoms with E-state index in [0.29, 0.717) is 12.8 Å². The summed E-state index contributed by atoms with van der Waals surface area (Å²) in [6, 6.07) is 4.98. The fourth-order valence-electron chi connectivity index (χ4n) is 2.55. The summed E-state index contributed by atoms with van der Waals surface area (Å²) < 4.78 is 27.4. The quantitative estimate of drug-likeness (QED) is 0.609. The van der Waals surface area contributed by atoms with E-state index in [1.807, 2.05) is 6.92 Å². The van der Waals surface area contributed by atoms with Crippen molar-refractivity contribution in [2.24, 2.45) is 5.73 Å². The van der Waals surface area contributed by atoms with Gasteiger partial charge in [-0.25, -0.2) is 8.42 Å². The zero-order valence-corrected chi connectivity index (χ0v) is 15.1. The molecular formula is C17H25N3O4S. The molecule has 0 aromatic heterocycles. The third-order valence-electron chi connectivity index (χ3n) is 4.33. The lowest BCUT2D eigenvalue weighted by Crippen LogP contribution is -2.44. The lowest BCUT2D eigenvalue weighted by Gasteiger charge is -2.26. The topological polar surface area (TPSA) is 118 Å². The van der Waals surface area contributed by atoms with Crippen LogP contribution in [-0.4, -0.2) is 32.3 Å². The summed E-state index contributed by atoms with van der Waals surface area (Å²) in [4.78, 5) is 23.6. The second-order valence-corrected chi connectivity index (χ2v) is 8.06. The summed E-state index contributed by atoms with van der Waals surface area (Å²) in [6.45, 7) is 1.94. The molecule has 0 spiro atoms. The monoisotopic (exact) mass is 367 g/mol. The summed E-state index contributed by atoms with van der Waals surface area (Å²) in [5.74, 6) is -1.00. The maximum Gasteiger partial charge on any atom is 0.251 e. The number of unbranched alkanes of at least 4 members (excludes halogenated alkanes) is 1. The van der Waals surface area contributed by atoms with Gasteiger partial charge in [0.1, 0.15) is 6.04 Å². The van der Waals surface area contributed by atoms with E-state index < -0.39 is 22.0 Å². The summed E-state index contributed by atoms with van der Waals surface area (Å²) in [7, 11) is -3.94. The Labute approximate surface area is 148 Å². The maximum absolute atomic E-state index is 12.5. The third-order valence-corrected chi connectivity index (χ3v) is 5.80. The van der Waals surface area contributed by atoms with E-state index in [1.54, 1.807) is 6.07 Å². The maximum atomic E-state index is 12.5. The Morgan fingerprint density at radius 2 is 2.04 bits per heavy atom. The highest BCUT2D eigenvalue weighted by Crippen LogP contribution is 2.19. The van der Waals surface area contributed by atoms with Crippen LogP contribution in [0.3, 0.4) is 0 Å². The first-order chi connectivity index (χ1) is 11.8. The predicted octanol–water partition coefficient (Wildman–Crippen LogP) is 1.29. The zero-order chi connectivity index (χ0) is 18.4.